The van der Waals surface area contributed by atoms with Gasteiger partial charge in [0.05, 0.1) is 0 Å². The van der Waals surface area contributed by atoms with E-state index >= 15 is 0 Å². The van der Waals surface area contributed by atoms with Gasteiger partial charge >= 0.3 is 11.9 Å². The first-order valence-electron chi connectivity index (χ1n) is 19.3. The molecule has 0 saturated carbocycles. The Hall–Kier alpha value is -1.58. The van der Waals surface area contributed by atoms with Crippen molar-refractivity contribution in [2.45, 2.75) is 219 Å². The van der Waals surface area contributed by atoms with Crippen molar-refractivity contribution in [3.63, 3.8) is 0 Å². The highest BCUT2D eigenvalue weighted by molar-refractivity contribution is 5.69. The summed E-state index contributed by atoms with van der Waals surface area (Å²) in [5.74, 6) is -0.805. The van der Waals surface area contributed by atoms with Crippen LogP contribution in [0.1, 0.15) is 213 Å². The number of carboxylic acid groups (broad SMARTS) is 1. The first kappa shape index (κ1) is 42.4. The minimum atomic E-state index is -0.726. The Bertz CT molecular complexity index is 668. The van der Waals surface area contributed by atoms with Crippen molar-refractivity contribution in [2.75, 3.05) is 0 Å². The van der Waals surface area contributed by atoms with Crippen LogP contribution in [0.5, 0.6) is 0 Å². The molecular formula is C40H74O4. The number of ether oxygens (including phenoxy) is 1. The van der Waals surface area contributed by atoms with Crippen molar-refractivity contribution in [2.24, 2.45) is 0 Å². The van der Waals surface area contributed by atoms with E-state index < -0.39 is 5.97 Å². The van der Waals surface area contributed by atoms with Crippen LogP contribution in [-0.4, -0.2) is 23.1 Å². The molecule has 0 radical (unpaired) electrons. The molecule has 0 fully saturated rings. The van der Waals surface area contributed by atoms with Gasteiger partial charge in [-0.2, -0.15) is 0 Å². The molecule has 1 atom stereocenters. The van der Waals surface area contributed by atoms with Gasteiger partial charge in [0.1, 0.15) is 6.10 Å². The standard InChI is InChI=1S/C40H74O4/c1-3-5-7-9-11-12-13-14-15-16-17-18-19-20-21-22-23-24-25-27-33-37-40(43)44-38(34-30-26-10-8-6-4-2)35-31-28-29-32-36-39(41)42/h8,10,30,34,38H,3-7,9,11-29,31-33,35-37H2,1-2H3,(H,41,42)/b10-8-,34-30-. The molecule has 0 rings (SSSR count). The van der Waals surface area contributed by atoms with Crippen LogP contribution in [0, 0.1) is 0 Å². The summed E-state index contributed by atoms with van der Waals surface area (Å²) in [5.41, 5.74) is 0. The van der Waals surface area contributed by atoms with Crippen molar-refractivity contribution >= 4 is 11.9 Å². The molecule has 0 aliphatic heterocycles. The smallest absolute Gasteiger partial charge is 0.306 e. The highest BCUT2D eigenvalue weighted by atomic mass is 16.5. The summed E-state index contributed by atoms with van der Waals surface area (Å²) >= 11 is 0. The zero-order valence-corrected chi connectivity index (χ0v) is 29.5. The molecule has 0 aliphatic carbocycles. The van der Waals surface area contributed by atoms with Crippen molar-refractivity contribution < 1.29 is 19.4 Å². The number of hydrogen-bond acceptors (Lipinski definition) is 3. The number of aliphatic carboxylic acids is 1. The first-order valence-corrected chi connectivity index (χ1v) is 19.3. The summed E-state index contributed by atoms with van der Waals surface area (Å²) in [4.78, 5) is 23.2. The monoisotopic (exact) mass is 619 g/mol. The maximum absolute atomic E-state index is 12.5. The molecular weight excluding hydrogens is 544 g/mol. The summed E-state index contributed by atoms with van der Waals surface area (Å²) < 4.78 is 5.82. The van der Waals surface area contributed by atoms with E-state index in [0.29, 0.717) is 6.42 Å². The number of allylic oxidation sites excluding steroid dienone is 3. The van der Waals surface area contributed by atoms with Gasteiger partial charge in [0.2, 0.25) is 0 Å². The molecule has 0 aliphatic rings. The van der Waals surface area contributed by atoms with Crippen LogP contribution in [0.25, 0.3) is 0 Å². The molecule has 0 aromatic rings. The van der Waals surface area contributed by atoms with E-state index in [4.69, 9.17) is 9.84 Å². The minimum Gasteiger partial charge on any atom is -0.481 e. The second-order valence-electron chi connectivity index (χ2n) is 13.1. The molecule has 0 amide bonds. The van der Waals surface area contributed by atoms with Crippen LogP contribution in [0.3, 0.4) is 0 Å². The van der Waals surface area contributed by atoms with Crippen molar-refractivity contribution in [3.8, 4) is 0 Å². The van der Waals surface area contributed by atoms with E-state index in [2.05, 4.69) is 32.1 Å². The predicted molar refractivity (Wildman–Crippen MR) is 190 cm³/mol. The Balaban J connectivity index is 3.74. The van der Waals surface area contributed by atoms with E-state index in [-0.39, 0.29) is 18.5 Å². The van der Waals surface area contributed by atoms with Gasteiger partial charge in [0.15, 0.2) is 0 Å². The molecule has 0 aromatic heterocycles. The summed E-state index contributed by atoms with van der Waals surface area (Å²) in [6.45, 7) is 4.46. The van der Waals surface area contributed by atoms with Gasteiger partial charge in [0.25, 0.3) is 0 Å². The average Bonchev–Trinajstić information content (AvgIpc) is 3.01. The molecule has 0 bridgehead atoms. The molecule has 1 unspecified atom stereocenters. The lowest BCUT2D eigenvalue weighted by atomic mass is 10.0. The summed E-state index contributed by atoms with van der Waals surface area (Å²) in [6.07, 6.45) is 45.2. The third kappa shape index (κ3) is 34.9. The molecule has 0 heterocycles. The normalized spacial score (nSPS) is 12.4. The number of esters is 1. The second-order valence-corrected chi connectivity index (χ2v) is 13.1. The largest absolute Gasteiger partial charge is 0.481 e. The molecule has 4 heteroatoms. The maximum atomic E-state index is 12.5. The number of carbonyl (C=O) groups is 2. The fourth-order valence-corrected chi connectivity index (χ4v) is 5.79. The Morgan fingerprint density at radius 2 is 0.955 bits per heavy atom. The number of carbonyl (C=O) groups excluding carboxylic acids is 1. The van der Waals surface area contributed by atoms with Gasteiger partial charge in [-0.1, -0.05) is 180 Å². The van der Waals surface area contributed by atoms with Crippen LogP contribution < -0.4 is 0 Å². The zero-order chi connectivity index (χ0) is 32.2. The highest BCUT2D eigenvalue weighted by Crippen LogP contribution is 2.16. The predicted octanol–water partition coefficient (Wildman–Crippen LogP) is 13.2. The Labute approximate surface area is 274 Å². The van der Waals surface area contributed by atoms with Crippen LogP contribution in [-0.2, 0) is 14.3 Å². The maximum Gasteiger partial charge on any atom is 0.306 e. The van der Waals surface area contributed by atoms with Crippen LogP contribution in [0.4, 0.5) is 0 Å². The van der Waals surface area contributed by atoms with Gasteiger partial charge in [-0.15, -0.1) is 0 Å². The van der Waals surface area contributed by atoms with Crippen molar-refractivity contribution in [1.29, 1.82) is 0 Å². The van der Waals surface area contributed by atoms with Crippen LogP contribution in [0.2, 0.25) is 0 Å². The Morgan fingerprint density at radius 3 is 1.41 bits per heavy atom. The lowest BCUT2D eigenvalue weighted by Crippen LogP contribution is -2.16. The van der Waals surface area contributed by atoms with E-state index in [0.717, 1.165) is 64.2 Å². The molecule has 4 nitrogen and oxygen atoms in total. The highest BCUT2D eigenvalue weighted by Gasteiger charge is 2.11. The summed E-state index contributed by atoms with van der Waals surface area (Å²) in [6, 6.07) is 0. The van der Waals surface area contributed by atoms with E-state index in [9.17, 15) is 9.59 Å². The molecule has 258 valence electrons. The molecule has 0 aromatic carbocycles. The third-order valence-electron chi connectivity index (χ3n) is 8.64. The Morgan fingerprint density at radius 1 is 0.523 bits per heavy atom. The minimum absolute atomic E-state index is 0.0788. The third-order valence-corrected chi connectivity index (χ3v) is 8.64. The quantitative estimate of drug-likeness (QED) is 0.0436. The second kappa shape index (κ2) is 35.9. The van der Waals surface area contributed by atoms with Gasteiger partial charge in [0, 0.05) is 12.8 Å². The summed E-state index contributed by atoms with van der Waals surface area (Å²) in [7, 11) is 0. The van der Waals surface area contributed by atoms with E-state index in [1.54, 1.807) is 0 Å². The number of rotatable bonds is 35. The van der Waals surface area contributed by atoms with Gasteiger partial charge in [-0.05, 0) is 44.6 Å². The molecule has 1 N–H and O–H groups in total. The van der Waals surface area contributed by atoms with Crippen LogP contribution >= 0.6 is 0 Å². The number of hydrogen-bond donors (Lipinski definition) is 1. The van der Waals surface area contributed by atoms with Crippen LogP contribution in [0.15, 0.2) is 24.3 Å². The number of unbranched alkanes of at least 4 members (excludes halogenated alkanes) is 24. The summed E-state index contributed by atoms with van der Waals surface area (Å²) in [5, 5.41) is 8.79. The Kier molecular flexibility index (Phi) is 34.6. The molecule has 44 heavy (non-hydrogen) atoms. The fraction of sp³-hybridized carbons (Fsp3) is 0.850. The van der Waals surface area contributed by atoms with Gasteiger partial charge in [-0.3, -0.25) is 9.59 Å². The first-order chi connectivity index (χ1) is 21.6. The van der Waals surface area contributed by atoms with Crippen molar-refractivity contribution in [1.82, 2.24) is 0 Å². The lowest BCUT2D eigenvalue weighted by Gasteiger charge is -2.14. The van der Waals surface area contributed by atoms with Crippen molar-refractivity contribution in [3.05, 3.63) is 24.3 Å². The SMILES string of the molecule is CCC/C=C\C/C=C\C(CCCCCCC(=O)O)OC(=O)CCCCCCCCCCCCCCCCCCCCCCC. The number of carboxylic acids is 1. The average molecular weight is 619 g/mol. The molecule has 0 saturated heterocycles. The fourth-order valence-electron chi connectivity index (χ4n) is 5.79. The van der Waals surface area contributed by atoms with Gasteiger partial charge < -0.3 is 9.84 Å². The lowest BCUT2D eigenvalue weighted by molar-refractivity contribution is -0.147. The molecule has 0 spiro atoms. The zero-order valence-electron chi connectivity index (χ0n) is 29.5. The van der Waals surface area contributed by atoms with E-state index in [1.165, 1.54) is 122 Å². The van der Waals surface area contributed by atoms with E-state index in [1.807, 2.05) is 6.08 Å². The van der Waals surface area contributed by atoms with Gasteiger partial charge in [-0.25, -0.2) is 0 Å². The topological polar surface area (TPSA) is 63.6 Å².